The number of esters is 1. The maximum absolute atomic E-state index is 12.7. The van der Waals surface area contributed by atoms with Crippen LogP contribution in [0.4, 0.5) is 8.78 Å². The molecule has 0 amide bonds. The third-order valence-electron chi connectivity index (χ3n) is 1.78. The van der Waals surface area contributed by atoms with E-state index in [0.717, 1.165) is 7.11 Å². The van der Waals surface area contributed by atoms with E-state index in [-0.39, 0.29) is 9.13 Å². The first-order valence-electron chi connectivity index (χ1n) is 3.97. The fourth-order valence-electron chi connectivity index (χ4n) is 1.09. The first-order chi connectivity index (χ1) is 7.52. The molecule has 0 aliphatic carbocycles. The van der Waals surface area contributed by atoms with Gasteiger partial charge in [-0.1, -0.05) is 0 Å². The molecule has 84 valence electrons. The molecule has 0 spiro atoms. The van der Waals surface area contributed by atoms with Crippen LogP contribution in [0.2, 0.25) is 0 Å². The van der Waals surface area contributed by atoms with E-state index in [9.17, 15) is 13.6 Å². The van der Waals surface area contributed by atoms with Gasteiger partial charge in [0.15, 0.2) is 5.69 Å². The molecule has 0 fully saturated rings. The van der Waals surface area contributed by atoms with Crippen molar-refractivity contribution in [2.75, 3.05) is 7.11 Å². The van der Waals surface area contributed by atoms with Crippen LogP contribution in [0, 0.1) is 14.9 Å². The van der Waals surface area contributed by atoms with E-state index in [4.69, 9.17) is 5.26 Å². The first-order valence-corrected chi connectivity index (χ1v) is 5.05. The second-order valence-electron chi connectivity index (χ2n) is 2.65. The minimum Gasteiger partial charge on any atom is -0.464 e. The van der Waals surface area contributed by atoms with Crippen LogP contribution in [-0.2, 0) is 4.74 Å². The highest BCUT2D eigenvalue weighted by atomic mass is 127. The Kier molecular flexibility index (Phi) is 4.12. The average Bonchev–Trinajstić information content (AvgIpc) is 2.27. The Balaban J connectivity index is 3.53. The molecule has 0 bridgehead atoms. The zero-order valence-electron chi connectivity index (χ0n) is 8.00. The lowest BCUT2D eigenvalue weighted by molar-refractivity contribution is 0.0581. The lowest BCUT2D eigenvalue weighted by atomic mass is 10.1. The number of halogens is 3. The van der Waals surface area contributed by atoms with Crippen molar-refractivity contribution >= 4 is 28.6 Å². The molecule has 0 unspecified atom stereocenters. The molecule has 1 rings (SSSR count). The second kappa shape index (κ2) is 5.16. The van der Waals surface area contributed by atoms with Crippen molar-refractivity contribution in [3.05, 3.63) is 26.6 Å². The zero-order chi connectivity index (χ0) is 12.3. The van der Waals surface area contributed by atoms with Crippen LogP contribution < -0.4 is 0 Å². The normalized spacial score (nSPS) is 10.0. The fourth-order valence-corrected chi connectivity index (χ4v) is 1.64. The summed E-state index contributed by atoms with van der Waals surface area (Å²) in [5.41, 5.74) is -1.44. The van der Waals surface area contributed by atoms with E-state index in [1.54, 1.807) is 28.7 Å². The quantitative estimate of drug-likeness (QED) is 0.613. The van der Waals surface area contributed by atoms with Crippen molar-refractivity contribution in [2.45, 2.75) is 6.43 Å². The molecule has 4 nitrogen and oxygen atoms in total. The maximum atomic E-state index is 12.7. The number of nitriles is 1. The highest BCUT2D eigenvalue weighted by molar-refractivity contribution is 14.1. The van der Waals surface area contributed by atoms with Gasteiger partial charge in [-0.3, -0.25) is 0 Å². The Morgan fingerprint density at radius 2 is 2.31 bits per heavy atom. The van der Waals surface area contributed by atoms with Gasteiger partial charge in [0.05, 0.1) is 18.2 Å². The zero-order valence-corrected chi connectivity index (χ0v) is 10.2. The SMILES string of the molecule is COC(=O)c1ncc(I)c(C#N)c1C(F)F. The van der Waals surface area contributed by atoms with Crippen molar-refractivity contribution < 1.29 is 18.3 Å². The minimum atomic E-state index is -2.95. The van der Waals surface area contributed by atoms with Crippen LogP contribution in [0.15, 0.2) is 6.20 Å². The average molecular weight is 338 g/mol. The van der Waals surface area contributed by atoms with E-state index < -0.39 is 23.7 Å². The molecule has 16 heavy (non-hydrogen) atoms. The number of alkyl halides is 2. The molecule has 1 aromatic rings. The number of carbonyl (C=O) groups is 1. The Morgan fingerprint density at radius 1 is 1.69 bits per heavy atom. The molecule has 7 heteroatoms. The molecule has 0 saturated carbocycles. The molecule has 0 N–H and O–H groups in total. The van der Waals surface area contributed by atoms with Crippen LogP contribution in [0.3, 0.4) is 0 Å². The lowest BCUT2D eigenvalue weighted by Crippen LogP contribution is -2.11. The van der Waals surface area contributed by atoms with Gasteiger partial charge in [-0.15, -0.1) is 0 Å². The van der Waals surface area contributed by atoms with Crippen molar-refractivity contribution in [1.82, 2.24) is 4.98 Å². The van der Waals surface area contributed by atoms with E-state index in [0.29, 0.717) is 0 Å². The summed E-state index contributed by atoms with van der Waals surface area (Å²) < 4.78 is 30.1. The predicted molar refractivity (Wildman–Crippen MR) is 58.0 cm³/mol. The first kappa shape index (κ1) is 12.8. The lowest BCUT2D eigenvalue weighted by Gasteiger charge is -2.08. The molecule has 0 radical (unpaired) electrons. The predicted octanol–water partition coefficient (Wildman–Crippen LogP) is 2.28. The number of methoxy groups -OCH3 is 1. The van der Waals surface area contributed by atoms with E-state index in [1.807, 2.05) is 0 Å². The van der Waals surface area contributed by atoms with Gasteiger partial charge in [-0.05, 0) is 22.6 Å². The van der Waals surface area contributed by atoms with E-state index >= 15 is 0 Å². The van der Waals surface area contributed by atoms with Gasteiger partial charge in [-0.2, -0.15) is 5.26 Å². The van der Waals surface area contributed by atoms with Crippen molar-refractivity contribution in [3.63, 3.8) is 0 Å². The third kappa shape index (κ3) is 2.27. The topological polar surface area (TPSA) is 63.0 Å². The van der Waals surface area contributed by atoms with Gasteiger partial charge in [0, 0.05) is 9.77 Å². The summed E-state index contributed by atoms with van der Waals surface area (Å²) in [6, 6.07) is 1.63. The Bertz CT molecular complexity index is 471. The molecular weight excluding hydrogens is 333 g/mol. The number of hydrogen-bond donors (Lipinski definition) is 0. The van der Waals surface area contributed by atoms with E-state index in [2.05, 4.69) is 9.72 Å². The highest BCUT2D eigenvalue weighted by Gasteiger charge is 2.26. The molecule has 0 saturated heterocycles. The van der Waals surface area contributed by atoms with Crippen molar-refractivity contribution in [1.29, 1.82) is 5.26 Å². The van der Waals surface area contributed by atoms with Crippen LogP contribution >= 0.6 is 22.6 Å². The minimum absolute atomic E-state index is 0.244. The standard InChI is InChI=1S/C9H5F2IN2O2/c1-16-9(15)7-6(8(10)11)4(2-13)5(12)3-14-7/h3,8H,1H3. The van der Waals surface area contributed by atoms with Gasteiger partial charge in [0.2, 0.25) is 0 Å². The maximum Gasteiger partial charge on any atom is 0.357 e. The largest absolute Gasteiger partial charge is 0.464 e. The smallest absolute Gasteiger partial charge is 0.357 e. The molecule has 1 aromatic heterocycles. The summed E-state index contributed by atoms with van der Waals surface area (Å²) in [5.74, 6) is -0.983. The van der Waals surface area contributed by atoms with Crippen LogP contribution in [0.25, 0.3) is 0 Å². The van der Waals surface area contributed by atoms with Gasteiger partial charge in [0.25, 0.3) is 6.43 Å². The van der Waals surface area contributed by atoms with Gasteiger partial charge >= 0.3 is 5.97 Å². The van der Waals surface area contributed by atoms with Gasteiger partial charge < -0.3 is 4.74 Å². The van der Waals surface area contributed by atoms with Crippen molar-refractivity contribution in [3.8, 4) is 6.07 Å². The number of ether oxygens (including phenoxy) is 1. The van der Waals surface area contributed by atoms with E-state index in [1.165, 1.54) is 6.20 Å². The Hall–Kier alpha value is -1.30. The van der Waals surface area contributed by atoms with Gasteiger partial charge in [-0.25, -0.2) is 18.6 Å². The molecule has 0 aromatic carbocycles. The summed E-state index contributed by atoms with van der Waals surface area (Å²) in [5, 5.41) is 8.76. The monoisotopic (exact) mass is 338 g/mol. The number of nitrogens with zero attached hydrogens (tertiary/aromatic N) is 2. The number of aromatic nitrogens is 1. The Morgan fingerprint density at radius 3 is 2.75 bits per heavy atom. The number of pyridine rings is 1. The summed E-state index contributed by atoms with van der Waals surface area (Å²) in [7, 11) is 1.06. The number of hydrogen-bond acceptors (Lipinski definition) is 4. The van der Waals surface area contributed by atoms with Crippen LogP contribution in [0.5, 0.6) is 0 Å². The molecule has 1 heterocycles. The number of carbonyl (C=O) groups excluding carboxylic acids is 1. The number of rotatable bonds is 2. The highest BCUT2D eigenvalue weighted by Crippen LogP contribution is 2.28. The molecule has 0 aliphatic rings. The third-order valence-corrected chi connectivity index (χ3v) is 2.60. The summed E-state index contributed by atoms with van der Waals surface area (Å²) in [4.78, 5) is 14.8. The molecule has 0 atom stereocenters. The summed E-state index contributed by atoms with van der Waals surface area (Å²) >= 11 is 1.70. The van der Waals surface area contributed by atoms with Crippen LogP contribution in [-0.4, -0.2) is 18.1 Å². The summed E-state index contributed by atoms with van der Waals surface area (Å²) in [6.07, 6.45) is -1.77. The Labute approximate surface area is 103 Å². The van der Waals surface area contributed by atoms with Gasteiger partial charge in [0.1, 0.15) is 6.07 Å². The van der Waals surface area contributed by atoms with Crippen LogP contribution in [0.1, 0.15) is 28.0 Å². The molecule has 0 aliphatic heterocycles. The molecular formula is C9H5F2IN2O2. The van der Waals surface area contributed by atoms with Crippen molar-refractivity contribution in [2.24, 2.45) is 0 Å². The summed E-state index contributed by atoms with van der Waals surface area (Å²) in [6.45, 7) is 0. The second-order valence-corrected chi connectivity index (χ2v) is 3.81. The fraction of sp³-hybridized carbons (Fsp3) is 0.222.